The zero-order valence-electron chi connectivity index (χ0n) is 12.5. The molecule has 0 amide bonds. The number of nitrogens with zero attached hydrogens (tertiary/aromatic N) is 1. The number of aryl methyl sites for hydroxylation is 1. The lowest BCUT2D eigenvalue weighted by Gasteiger charge is -2.32. The van der Waals surface area contributed by atoms with Crippen LogP contribution in [0.3, 0.4) is 0 Å². The van der Waals surface area contributed by atoms with E-state index >= 15 is 0 Å². The van der Waals surface area contributed by atoms with Gasteiger partial charge in [-0.15, -0.1) is 0 Å². The van der Waals surface area contributed by atoms with Crippen LogP contribution in [0.5, 0.6) is 5.88 Å². The quantitative estimate of drug-likeness (QED) is 0.935. The maximum absolute atomic E-state index is 5.93. The second-order valence-electron chi connectivity index (χ2n) is 5.70. The van der Waals surface area contributed by atoms with Crippen molar-refractivity contribution in [2.45, 2.75) is 19.3 Å². The van der Waals surface area contributed by atoms with Crippen LogP contribution in [0.25, 0.3) is 0 Å². The summed E-state index contributed by atoms with van der Waals surface area (Å²) in [6.07, 6.45) is 1.17. The summed E-state index contributed by atoms with van der Waals surface area (Å²) < 4.78 is 5.93. The molecular formula is C18H22N2O. The van der Waals surface area contributed by atoms with Gasteiger partial charge in [-0.1, -0.05) is 36.4 Å². The molecule has 2 atom stereocenters. The monoisotopic (exact) mass is 282 g/mol. The molecular weight excluding hydrogens is 260 g/mol. The molecule has 2 aromatic rings. The van der Waals surface area contributed by atoms with E-state index in [4.69, 9.17) is 4.74 Å². The molecule has 110 valence electrons. The zero-order valence-corrected chi connectivity index (χ0v) is 12.5. The molecule has 1 N–H and O–H groups in total. The Balaban J connectivity index is 1.67. The van der Waals surface area contributed by atoms with Crippen LogP contribution in [0.15, 0.2) is 48.5 Å². The van der Waals surface area contributed by atoms with Crippen molar-refractivity contribution in [1.82, 2.24) is 10.3 Å². The minimum Gasteiger partial charge on any atom is -0.477 e. The van der Waals surface area contributed by atoms with Crippen LogP contribution in [0.4, 0.5) is 0 Å². The molecule has 1 fully saturated rings. The first-order chi connectivity index (χ1) is 10.3. The Bertz CT molecular complexity index is 570. The standard InChI is InChI=1S/C18H22N2O/c1-14-6-5-9-18(20-14)21-13-16-12-19-11-10-17(16)15-7-3-2-4-8-15/h2-9,16-17,19H,10-13H2,1H3. The molecule has 1 saturated heterocycles. The average Bonchev–Trinajstić information content (AvgIpc) is 2.54. The number of hydrogen-bond donors (Lipinski definition) is 1. The van der Waals surface area contributed by atoms with Gasteiger partial charge in [-0.05, 0) is 37.4 Å². The average molecular weight is 282 g/mol. The molecule has 1 aromatic carbocycles. The molecule has 0 aliphatic carbocycles. The van der Waals surface area contributed by atoms with Crippen LogP contribution < -0.4 is 10.1 Å². The highest BCUT2D eigenvalue weighted by molar-refractivity contribution is 5.21. The van der Waals surface area contributed by atoms with E-state index in [-0.39, 0.29) is 0 Å². The van der Waals surface area contributed by atoms with Crippen LogP contribution in [0, 0.1) is 12.8 Å². The molecule has 3 nitrogen and oxygen atoms in total. The molecule has 2 heterocycles. The SMILES string of the molecule is Cc1cccc(OCC2CNCCC2c2ccccc2)n1. The van der Waals surface area contributed by atoms with Crippen molar-refractivity contribution in [1.29, 1.82) is 0 Å². The van der Waals surface area contributed by atoms with Crippen molar-refractivity contribution in [2.75, 3.05) is 19.7 Å². The molecule has 0 spiro atoms. The van der Waals surface area contributed by atoms with Gasteiger partial charge in [0.05, 0.1) is 6.61 Å². The molecule has 0 saturated carbocycles. The van der Waals surface area contributed by atoms with Gasteiger partial charge in [0, 0.05) is 24.2 Å². The lowest BCUT2D eigenvalue weighted by Crippen LogP contribution is -2.38. The van der Waals surface area contributed by atoms with Gasteiger partial charge in [-0.2, -0.15) is 0 Å². The van der Waals surface area contributed by atoms with E-state index < -0.39 is 0 Å². The Morgan fingerprint density at radius 1 is 1.14 bits per heavy atom. The number of hydrogen-bond acceptors (Lipinski definition) is 3. The smallest absolute Gasteiger partial charge is 0.213 e. The van der Waals surface area contributed by atoms with Crippen LogP contribution >= 0.6 is 0 Å². The molecule has 1 aliphatic rings. The Labute approximate surface area is 126 Å². The van der Waals surface area contributed by atoms with Crippen LogP contribution in [-0.4, -0.2) is 24.7 Å². The van der Waals surface area contributed by atoms with Gasteiger partial charge < -0.3 is 10.1 Å². The lowest BCUT2D eigenvalue weighted by molar-refractivity contribution is 0.191. The van der Waals surface area contributed by atoms with Crippen LogP contribution in [0.2, 0.25) is 0 Å². The number of aromatic nitrogens is 1. The topological polar surface area (TPSA) is 34.1 Å². The summed E-state index contributed by atoms with van der Waals surface area (Å²) in [6, 6.07) is 16.7. The molecule has 0 radical (unpaired) electrons. The van der Waals surface area contributed by atoms with Crippen molar-refractivity contribution in [3.63, 3.8) is 0 Å². The Hall–Kier alpha value is -1.87. The predicted octanol–water partition coefficient (Wildman–Crippen LogP) is 3.16. The number of rotatable bonds is 4. The number of piperidine rings is 1. The summed E-state index contributed by atoms with van der Waals surface area (Å²) in [7, 11) is 0. The third-order valence-electron chi connectivity index (χ3n) is 4.14. The molecule has 21 heavy (non-hydrogen) atoms. The first-order valence-electron chi connectivity index (χ1n) is 7.65. The van der Waals surface area contributed by atoms with Gasteiger partial charge in [-0.25, -0.2) is 4.98 Å². The first-order valence-corrected chi connectivity index (χ1v) is 7.65. The van der Waals surface area contributed by atoms with E-state index in [9.17, 15) is 0 Å². The predicted molar refractivity (Wildman–Crippen MR) is 84.6 cm³/mol. The third-order valence-corrected chi connectivity index (χ3v) is 4.14. The number of pyridine rings is 1. The fourth-order valence-corrected chi connectivity index (χ4v) is 3.03. The first kappa shape index (κ1) is 14.1. The highest BCUT2D eigenvalue weighted by atomic mass is 16.5. The fraction of sp³-hybridized carbons (Fsp3) is 0.389. The lowest BCUT2D eigenvalue weighted by atomic mass is 9.81. The summed E-state index contributed by atoms with van der Waals surface area (Å²) in [4.78, 5) is 4.41. The van der Waals surface area contributed by atoms with E-state index in [1.165, 1.54) is 12.0 Å². The third kappa shape index (κ3) is 3.61. The molecule has 0 bridgehead atoms. The van der Waals surface area contributed by atoms with Gasteiger partial charge in [-0.3, -0.25) is 0 Å². The van der Waals surface area contributed by atoms with Crippen molar-refractivity contribution in [2.24, 2.45) is 5.92 Å². The normalized spacial score (nSPS) is 22.0. The van der Waals surface area contributed by atoms with Crippen molar-refractivity contribution in [3.8, 4) is 5.88 Å². The second-order valence-corrected chi connectivity index (χ2v) is 5.70. The van der Waals surface area contributed by atoms with Gasteiger partial charge in [0.15, 0.2) is 0 Å². The van der Waals surface area contributed by atoms with E-state index in [0.717, 1.165) is 24.7 Å². The zero-order chi connectivity index (χ0) is 14.5. The summed E-state index contributed by atoms with van der Waals surface area (Å²) in [5.41, 5.74) is 2.42. The molecule has 1 aromatic heterocycles. The highest BCUT2D eigenvalue weighted by Crippen LogP contribution is 2.30. The van der Waals surface area contributed by atoms with E-state index in [2.05, 4.69) is 40.6 Å². The maximum atomic E-state index is 5.93. The summed E-state index contributed by atoms with van der Waals surface area (Å²) in [5, 5.41) is 3.48. The highest BCUT2D eigenvalue weighted by Gasteiger charge is 2.26. The van der Waals surface area contributed by atoms with Crippen molar-refractivity contribution < 1.29 is 4.74 Å². The minimum absolute atomic E-state index is 0.489. The van der Waals surface area contributed by atoms with Gasteiger partial charge in [0.2, 0.25) is 5.88 Å². The maximum Gasteiger partial charge on any atom is 0.213 e. The Morgan fingerprint density at radius 2 is 2.00 bits per heavy atom. The second kappa shape index (κ2) is 6.72. The number of benzene rings is 1. The molecule has 3 heteroatoms. The fourth-order valence-electron chi connectivity index (χ4n) is 3.03. The van der Waals surface area contributed by atoms with Crippen molar-refractivity contribution in [3.05, 3.63) is 59.8 Å². The van der Waals surface area contributed by atoms with E-state index in [0.29, 0.717) is 18.4 Å². The number of nitrogens with one attached hydrogen (secondary N) is 1. The Kier molecular flexibility index (Phi) is 4.51. The van der Waals surface area contributed by atoms with Gasteiger partial charge in [0.1, 0.15) is 0 Å². The largest absolute Gasteiger partial charge is 0.477 e. The minimum atomic E-state index is 0.489. The van der Waals surface area contributed by atoms with Crippen LogP contribution in [-0.2, 0) is 0 Å². The molecule has 3 rings (SSSR count). The summed E-state index contributed by atoms with van der Waals surface area (Å²) >= 11 is 0. The van der Waals surface area contributed by atoms with Gasteiger partial charge >= 0.3 is 0 Å². The van der Waals surface area contributed by atoms with E-state index in [1.807, 2.05) is 25.1 Å². The van der Waals surface area contributed by atoms with E-state index in [1.54, 1.807) is 0 Å². The number of ether oxygens (including phenoxy) is 1. The Morgan fingerprint density at radius 3 is 2.81 bits per heavy atom. The summed E-state index contributed by atoms with van der Waals surface area (Å²) in [6.45, 7) is 4.79. The summed E-state index contributed by atoms with van der Waals surface area (Å²) in [5.74, 6) is 1.79. The van der Waals surface area contributed by atoms with Gasteiger partial charge in [0.25, 0.3) is 0 Å². The molecule has 1 aliphatic heterocycles. The van der Waals surface area contributed by atoms with Crippen LogP contribution in [0.1, 0.15) is 23.6 Å². The molecule has 2 unspecified atom stereocenters. The van der Waals surface area contributed by atoms with Crippen molar-refractivity contribution >= 4 is 0 Å².